The summed E-state index contributed by atoms with van der Waals surface area (Å²) in [5.74, 6) is 2.33. The second-order valence-corrected chi connectivity index (χ2v) is 11.4. The van der Waals surface area contributed by atoms with E-state index < -0.39 is 11.7 Å². The van der Waals surface area contributed by atoms with Gasteiger partial charge in [0.05, 0.1) is 24.6 Å². The first-order valence-electron chi connectivity index (χ1n) is 14.2. The first-order valence-corrected chi connectivity index (χ1v) is 15.2. The number of hydrogen-bond donors (Lipinski definition) is 0. The van der Waals surface area contributed by atoms with Crippen LogP contribution in [0.2, 0.25) is 0 Å². The largest absolute Gasteiger partial charge is 0.497 e. The third-order valence-corrected chi connectivity index (χ3v) is 8.44. The van der Waals surface area contributed by atoms with Crippen molar-refractivity contribution in [1.82, 2.24) is 24.6 Å². The molecular weight excluding hydrogens is 595 g/mol. The van der Waals surface area contributed by atoms with Gasteiger partial charge in [-0.3, -0.25) is 14.2 Å². The lowest BCUT2D eigenvalue weighted by Gasteiger charge is -2.40. The summed E-state index contributed by atoms with van der Waals surface area (Å²) in [5.41, 5.74) is 0.264. The Morgan fingerprint density at radius 1 is 1.02 bits per heavy atom. The monoisotopic (exact) mass is 627 g/mol. The Morgan fingerprint density at radius 2 is 1.77 bits per heavy atom. The van der Waals surface area contributed by atoms with Crippen molar-refractivity contribution in [1.29, 1.82) is 0 Å². The number of benzene rings is 2. The highest BCUT2D eigenvalue weighted by Crippen LogP contribution is 2.31. The minimum Gasteiger partial charge on any atom is -0.497 e. The van der Waals surface area contributed by atoms with Crippen molar-refractivity contribution in [3.8, 4) is 23.0 Å². The van der Waals surface area contributed by atoms with E-state index in [0.29, 0.717) is 49.2 Å². The van der Waals surface area contributed by atoms with Crippen molar-refractivity contribution in [3.63, 3.8) is 0 Å². The van der Waals surface area contributed by atoms with E-state index in [9.17, 15) is 22.8 Å². The highest BCUT2D eigenvalue weighted by atomic mass is 32.2. The molecule has 1 fully saturated rings. The third kappa shape index (κ3) is 7.09. The van der Waals surface area contributed by atoms with Gasteiger partial charge in [0, 0.05) is 43.4 Å². The van der Waals surface area contributed by atoms with Crippen molar-refractivity contribution < 1.29 is 31.9 Å². The van der Waals surface area contributed by atoms with Crippen LogP contribution in [0.1, 0.15) is 42.1 Å². The fraction of sp³-hybridized carbons (Fsp3) is 0.355. The number of hydrogen-bond acceptors (Lipinski definition) is 7. The molecule has 0 N–H and O–H groups in total. The molecule has 0 saturated carbocycles. The van der Waals surface area contributed by atoms with Crippen LogP contribution in [0, 0.1) is 0 Å². The van der Waals surface area contributed by atoms with Gasteiger partial charge in [-0.25, -0.2) is 0 Å². The molecule has 4 aromatic rings. The Labute approximate surface area is 257 Å². The molecule has 13 heteroatoms. The van der Waals surface area contributed by atoms with Gasteiger partial charge in [0.2, 0.25) is 11.7 Å². The van der Waals surface area contributed by atoms with Crippen LogP contribution in [0.3, 0.4) is 0 Å². The van der Waals surface area contributed by atoms with Crippen LogP contribution in [-0.4, -0.2) is 74.9 Å². The summed E-state index contributed by atoms with van der Waals surface area (Å²) in [7, 11) is 1.61. The SMILES string of the molecule is COc1ccc(-n2c(SCCCCC(=O)N3CCN(C(=O)c4ccc(C(F)(F)F)cc4)C(C)C3)nnc2-c2ccco2)cc1. The van der Waals surface area contributed by atoms with E-state index in [1.807, 2.05) is 41.8 Å². The molecule has 44 heavy (non-hydrogen) atoms. The molecule has 0 bridgehead atoms. The van der Waals surface area contributed by atoms with Crippen LogP contribution in [0.5, 0.6) is 5.75 Å². The zero-order chi connectivity index (χ0) is 31.3. The van der Waals surface area contributed by atoms with Gasteiger partial charge in [-0.1, -0.05) is 11.8 Å². The number of carbonyl (C=O) groups excluding carboxylic acids is 2. The van der Waals surface area contributed by atoms with Crippen molar-refractivity contribution in [3.05, 3.63) is 78.1 Å². The maximum Gasteiger partial charge on any atom is 0.416 e. The number of halogens is 3. The summed E-state index contributed by atoms with van der Waals surface area (Å²) >= 11 is 1.55. The Kier molecular flexibility index (Phi) is 9.62. The van der Waals surface area contributed by atoms with Crippen LogP contribution < -0.4 is 4.74 Å². The summed E-state index contributed by atoms with van der Waals surface area (Å²) in [6.45, 7) is 2.92. The Hall–Kier alpha value is -4.26. The Morgan fingerprint density at radius 3 is 2.41 bits per heavy atom. The Balaban J connectivity index is 1.11. The number of alkyl halides is 3. The topological polar surface area (TPSA) is 93.7 Å². The number of carbonyl (C=O) groups is 2. The van der Waals surface area contributed by atoms with Gasteiger partial charge in [-0.2, -0.15) is 13.2 Å². The molecule has 0 aliphatic carbocycles. The smallest absolute Gasteiger partial charge is 0.416 e. The number of rotatable bonds is 10. The minimum absolute atomic E-state index is 0.0185. The van der Waals surface area contributed by atoms with Crippen molar-refractivity contribution >= 4 is 23.6 Å². The molecule has 1 atom stereocenters. The quantitative estimate of drug-likeness (QED) is 0.153. The third-order valence-electron chi connectivity index (χ3n) is 7.42. The van der Waals surface area contributed by atoms with Crippen LogP contribution in [0.25, 0.3) is 17.3 Å². The molecule has 1 saturated heterocycles. The van der Waals surface area contributed by atoms with Crippen molar-refractivity contribution in [2.45, 2.75) is 43.6 Å². The minimum atomic E-state index is -4.46. The molecule has 5 rings (SSSR count). The summed E-state index contributed by atoms with van der Waals surface area (Å²) in [6, 6.07) is 15.2. The number of methoxy groups -OCH3 is 1. The highest BCUT2D eigenvalue weighted by molar-refractivity contribution is 7.99. The molecule has 1 unspecified atom stereocenters. The van der Waals surface area contributed by atoms with E-state index in [-0.39, 0.29) is 23.4 Å². The van der Waals surface area contributed by atoms with Gasteiger partial charge in [0.15, 0.2) is 10.9 Å². The van der Waals surface area contributed by atoms with Gasteiger partial charge in [0.1, 0.15) is 5.75 Å². The number of unbranched alkanes of at least 4 members (excludes halogenated alkanes) is 1. The zero-order valence-electron chi connectivity index (χ0n) is 24.3. The molecule has 1 aliphatic heterocycles. The summed E-state index contributed by atoms with van der Waals surface area (Å²) in [5, 5.41) is 9.45. The number of amides is 2. The lowest BCUT2D eigenvalue weighted by molar-refractivity contribution is -0.137. The average molecular weight is 628 g/mol. The first-order chi connectivity index (χ1) is 21.2. The lowest BCUT2D eigenvalue weighted by Crippen LogP contribution is -2.55. The second kappa shape index (κ2) is 13.6. The fourth-order valence-corrected chi connectivity index (χ4v) is 6.00. The summed E-state index contributed by atoms with van der Waals surface area (Å²) in [4.78, 5) is 29.2. The molecule has 0 radical (unpaired) electrons. The lowest BCUT2D eigenvalue weighted by atomic mass is 10.1. The van der Waals surface area contributed by atoms with Crippen LogP contribution in [0.15, 0.2) is 76.5 Å². The standard InChI is InChI=1S/C31H32F3N5O4S/c1-21-20-37(16-17-38(21)29(41)22-8-10-23(11-9-22)31(32,33)34)27(40)7-3-4-19-44-30-36-35-28(26-6-5-18-43-26)39(30)24-12-14-25(42-2)15-13-24/h5-6,8-15,18,21H,3-4,7,16-17,19-20H2,1-2H3. The van der Waals surface area contributed by atoms with E-state index in [0.717, 1.165) is 35.7 Å². The fourth-order valence-electron chi connectivity index (χ4n) is 5.05. The molecule has 1 aliphatic rings. The average Bonchev–Trinajstić information content (AvgIpc) is 3.70. The molecule has 232 valence electrons. The summed E-state index contributed by atoms with van der Waals surface area (Å²) < 4.78 is 51.4. The molecule has 9 nitrogen and oxygen atoms in total. The van der Waals surface area contributed by atoms with Crippen LogP contribution in [0.4, 0.5) is 13.2 Å². The molecule has 3 heterocycles. The number of ether oxygens (including phenoxy) is 1. The number of piperazine rings is 1. The maximum absolute atomic E-state index is 12.9. The maximum atomic E-state index is 12.9. The molecule has 0 spiro atoms. The highest BCUT2D eigenvalue weighted by Gasteiger charge is 2.32. The van der Waals surface area contributed by atoms with E-state index in [2.05, 4.69) is 10.2 Å². The number of furan rings is 1. The Bertz CT molecular complexity index is 1560. The van der Waals surface area contributed by atoms with E-state index in [1.165, 1.54) is 12.1 Å². The predicted molar refractivity (Wildman–Crippen MR) is 159 cm³/mol. The summed E-state index contributed by atoms with van der Waals surface area (Å²) in [6.07, 6.45) is -1.02. The van der Waals surface area contributed by atoms with E-state index in [1.54, 1.807) is 41.0 Å². The van der Waals surface area contributed by atoms with Gasteiger partial charge >= 0.3 is 6.18 Å². The van der Waals surface area contributed by atoms with Crippen molar-refractivity contribution in [2.75, 3.05) is 32.5 Å². The molecule has 2 amide bonds. The first kappa shape index (κ1) is 31.2. The van der Waals surface area contributed by atoms with Gasteiger partial charge < -0.3 is 19.0 Å². The van der Waals surface area contributed by atoms with Gasteiger partial charge in [-0.05, 0) is 80.4 Å². The van der Waals surface area contributed by atoms with Gasteiger partial charge in [-0.15, -0.1) is 10.2 Å². The van der Waals surface area contributed by atoms with E-state index >= 15 is 0 Å². The van der Waals surface area contributed by atoms with Crippen LogP contribution >= 0.6 is 11.8 Å². The van der Waals surface area contributed by atoms with Gasteiger partial charge in [0.25, 0.3) is 5.91 Å². The number of thioether (sulfide) groups is 1. The van der Waals surface area contributed by atoms with Crippen molar-refractivity contribution in [2.24, 2.45) is 0 Å². The number of aromatic nitrogens is 3. The molecule has 2 aromatic heterocycles. The second-order valence-electron chi connectivity index (χ2n) is 10.4. The molecular formula is C31H32F3N5O4S. The predicted octanol–water partition coefficient (Wildman–Crippen LogP) is 6.19. The number of nitrogens with zero attached hydrogens (tertiary/aromatic N) is 5. The van der Waals surface area contributed by atoms with E-state index in [4.69, 9.17) is 9.15 Å². The van der Waals surface area contributed by atoms with Crippen LogP contribution in [-0.2, 0) is 11.0 Å². The molecule has 2 aromatic carbocycles. The zero-order valence-corrected chi connectivity index (χ0v) is 25.1. The normalized spacial score (nSPS) is 15.4.